The van der Waals surface area contributed by atoms with E-state index in [1.54, 1.807) is 25.1 Å². The molecule has 2 aromatic rings. The van der Waals surface area contributed by atoms with Crippen molar-refractivity contribution < 1.29 is 28.3 Å². The predicted molar refractivity (Wildman–Crippen MR) is 100 cm³/mol. The number of hydrogen-bond donors (Lipinski definition) is 1. The summed E-state index contributed by atoms with van der Waals surface area (Å²) in [5.74, 6) is -0.540. The van der Waals surface area contributed by atoms with Gasteiger partial charge in [0.25, 0.3) is 5.91 Å². The minimum atomic E-state index is -0.953. The van der Waals surface area contributed by atoms with Gasteiger partial charge < -0.3 is 19.2 Å². The summed E-state index contributed by atoms with van der Waals surface area (Å²) in [6.07, 6.45) is 1.74. The first-order valence-electron chi connectivity index (χ1n) is 9.22. The number of fused-ring (bicyclic) bond motifs is 1. The molecule has 3 amide bonds. The maximum absolute atomic E-state index is 12.6. The maximum atomic E-state index is 12.6. The number of nitrogens with one attached hydrogen (secondary N) is 1. The van der Waals surface area contributed by atoms with E-state index in [0.29, 0.717) is 22.3 Å². The lowest BCUT2D eigenvalue weighted by molar-refractivity contribution is -0.148. The largest absolute Gasteiger partial charge is 0.497 e. The zero-order chi connectivity index (χ0) is 20.8. The van der Waals surface area contributed by atoms with Crippen molar-refractivity contribution in [3.05, 3.63) is 40.2 Å². The lowest BCUT2D eigenvalue weighted by Gasteiger charge is -2.20. The zero-order valence-electron chi connectivity index (χ0n) is 16.0. The van der Waals surface area contributed by atoms with Crippen LogP contribution in [0.15, 0.2) is 33.5 Å². The van der Waals surface area contributed by atoms with Gasteiger partial charge in [0, 0.05) is 23.1 Å². The number of nitrogens with zero attached hydrogens (tertiary/aromatic N) is 1. The van der Waals surface area contributed by atoms with Crippen molar-refractivity contribution in [1.29, 1.82) is 0 Å². The fourth-order valence-electron chi connectivity index (χ4n) is 3.59. The van der Waals surface area contributed by atoms with Crippen LogP contribution in [0.4, 0.5) is 4.79 Å². The number of amides is 3. The lowest BCUT2D eigenvalue weighted by atomic mass is 9.96. The number of carbonyl (C=O) groups excluding carboxylic acids is 3. The van der Waals surface area contributed by atoms with Crippen molar-refractivity contribution in [3.8, 4) is 5.75 Å². The van der Waals surface area contributed by atoms with E-state index < -0.39 is 35.6 Å². The van der Waals surface area contributed by atoms with E-state index in [9.17, 15) is 19.2 Å². The molecule has 2 fully saturated rings. The van der Waals surface area contributed by atoms with Gasteiger partial charge in [-0.05, 0) is 37.8 Å². The molecule has 0 bridgehead atoms. The van der Waals surface area contributed by atoms with Crippen LogP contribution in [-0.2, 0) is 20.9 Å². The van der Waals surface area contributed by atoms with Gasteiger partial charge in [0.15, 0.2) is 0 Å². The Bertz CT molecular complexity index is 1070. The Labute approximate surface area is 165 Å². The first-order chi connectivity index (χ1) is 13.8. The Morgan fingerprint density at radius 2 is 2.03 bits per heavy atom. The van der Waals surface area contributed by atoms with Crippen LogP contribution in [-0.4, -0.2) is 42.0 Å². The standard InChI is InChI=1S/C20H20N2O7/c1-20(12-3-4-12)18(25)22(19(26)21-20)9-17(24)28-10-11-7-16(23)29-15-8-13(27-2)5-6-14(11)15/h5-8,12H,3-4,9-10H2,1-2H3,(H,21,26)/t20-/m1/s1. The molecule has 1 aliphatic carbocycles. The predicted octanol–water partition coefficient (Wildman–Crippen LogP) is 1.57. The van der Waals surface area contributed by atoms with Gasteiger partial charge in [0.05, 0.1) is 7.11 Å². The molecule has 2 aliphatic rings. The summed E-state index contributed by atoms with van der Waals surface area (Å²) in [6, 6.07) is 5.59. The molecule has 0 unspecified atom stereocenters. The average molecular weight is 400 g/mol. The topological polar surface area (TPSA) is 115 Å². The molecule has 1 aromatic carbocycles. The van der Waals surface area contributed by atoms with Gasteiger partial charge in [-0.2, -0.15) is 0 Å². The molecule has 1 aromatic heterocycles. The van der Waals surface area contributed by atoms with Crippen molar-refractivity contribution in [2.45, 2.75) is 31.9 Å². The second-order valence-electron chi connectivity index (χ2n) is 7.41. The highest BCUT2D eigenvalue weighted by Gasteiger charge is 2.56. The molecule has 1 aliphatic heterocycles. The van der Waals surface area contributed by atoms with Crippen LogP contribution in [0.3, 0.4) is 0 Å². The Morgan fingerprint density at radius 3 is 2.72 bits per heavy atom. The maximum Gasteiger partial charge on any atom is 0.336 e. The zero-order valence-corrected chi connectivity index (χ0v) is 16.0. The van der Waals surface area contributed by atoms with Crippen LogP contribution < -0.4 is 15.7 Å². The summed E-state index contributed by atoms with van der Waals surface area (Å²) in [7, 11) is 1.49. The summed E-state index contributed by atoms with van der Waals surface area (Å²) < 4.78 is 15.5. The average Bonchev–Trinajstić information content (AvgIpc) is 3.51. The molecule has 29 heavy (non-hydrogen) atoms. The molecule has 1 N–H and O–H groups in total. The number of urea groups is 1. The Morgan fingerprint density at radius 1 is 1.28 bits per heavy atom. The van der Waals surface area contributed by atoms with Crippen molar-refractivity contribution >= 4 is 28.9 Å². The summed E-state index contributed by atoms with van der Waals surface area (Å²) in [6.45, 7) is 0.997. The van der Waals surface area contributed by atoms with Crippen molar-refractivity contribution in [3.63, 3.8) is 0 Å². The molecule has 2 heterocycles. The number of ether oxygens (including phenoxy) is 2. The Balaban J connectivity index is 1.46. The highest BCUT2D eigenvalue weighted by molar-refractivity contribution is 6.08. The van der Waals surface area contributed by atoms with Crippen LogP contribution in [0.1, 0.15) is 25.3 Å². The highest BCUT2D eigenvalue weighted by Crippen LogP contribution is 2.42. The smallest absolute Gasteiger partial charge is 0.336 e. The number of methoxy groups -OCH3 is 1. The van der Waals surface area contributed by atoms with E-state index in [1.807, 2.05) is 0 Å². The molecule has 152 valence electrons. The SMILES string of the molecule is COc1ccc2c(COC(=O)CN3C(=O)N[C@](C)(C4CC4)C3=O)cc(=O)oc2c1. The van der Waals surface area contributed by atoms with Crippen molar-refractivity contribution in [2.75, 3.05) is 13.7 Å². The van der Waals surface area contributed by atoms with Gasteiger partial charge in [-0.25, -0.2) is 9.59 Å². The number of rotatable bonds is 6. The van der Waals surface area contributed by atoms with Gasteiger partial charge in [-0.3, -0.25) is 14.5 Å². The summed E-state index contributed by atoms with van der Waals surface area (Å²) in [4.78, 5) is 49.7. The minimum absolute atomic E-state index is 0.104. The number of hydrogen-bond acceptors (Lipinski definition) is 7. The molecule has 9 nitrogen and oxygen atoms in total. The molecule has 0 radical (unpaired) electrons. The minimum Gasteiger partial charge on any atom is -0.497 e. The fraction of sp³-hybridized carbons (Fsp3) is 0.400. The normalized spacial score (nSPS) is 21.4. The van der Waals surface area contributed by atoms with E-state index in [-0.39, 0.29) is 12.5 Å². The second kappa shape index (κ2) is 6.91. The van der Waals surface area contributed by atoms with E-state index in [1.165, 1.54) is 13.2 Å². The van der Waals surface area contributed by atoms with Gasteiger partial charge in [-0.1, -0.05) is 0 Å². The first kappa shape index (κ1) is 19.0. The van der Waals surface area contributed by atoms with E-state index in [4.69, 9.17) is 13.9 Å². The van der Waals surface area contributed by atoms with Gasteiger partial charge >= 0.3 is 17.6 Å². The first-order valence-corrected chi connectivity index (χ1v) is 9.22. The third-order valence-corrected chi connectivity index (χ3v) is 5.41. The van der Waals surface area contributed by atoms with E-state index in [2.05, 4.69) is 5.32 Å². The quantitative estimate of drug-likeness (QED) is 0.444. The highest BCUT2D eigenvalue weighted by atomic mass is 16.5. The van der Waals surface area contributed by atoms with Crippen LogP contribution in [0.2, 0.25) is 0 Å². The fourth-order valence-corrected chi connectivity index (χ4v) is 3.59. The monoisotopic (exact) mass is 400 g/mol. The molecular weight excluding hydrogens is 380 g/mol. The van der Waals surface area contributed by atoms with Gasteiger partial charge in [0.2, 0.25) is 0 Å². The summed E-state index contributed by atoms with van der Waals surface area (Å²) in [5, 5.41) is 3.27. The van der Waals surface area contributed by atoms with Crippen LogP contribution in [0, 0.1) is 5.92 Å². The molecule has 1 saturated heterocycles. The number of benzene rings is 1. The van der Waals surface area contributed by atoms with Crippen LogP contribution in [0.25, 0.3) is 11.0 Å². The van der Waals surface area contributed by atoms with E-state index in [0.717, 1.165) is 17.7 Å². The Kier molecular flexibility index (Phi) is 4.52. The third-order valence-electron chi connectivity index (χ3n) is 5.41. The van der Waals surface area contributed by atoms with Crippen molar-refractivity contribution in [2.24, 2.45) is 5.92 Å². The van der Waals surface area contributed by atoms with Crippen LogP contribution in [0.5, 0.6) is 5.75 Å². The van der Waals surface area contributed by atoms with E-state index >= 15 is 0 Å². The molecule has 4 rings (SSSR count). The molecule has 1 atom stereocenters. The molecule has 1 saturated carbocycles. The summed E-state index contributed by atoms with van der Waals surface area (Å²) in [5.41, 5.74) is -0.791. The third kappa shape index (κ3) is 3.43. The number of imide groups is 1. The molecule has 9 heteroatoms. The van der Waals surface area contributed by atoms with Gasteiger partial charge in [-0.15, -0.1) is 0 Å². The number of esters is 1. The lowest BCUT2D eigenvalue weighted by Crippen LogP contribution is -2.46. The Hall–Kier alpha value is -3.36. The second-order valence-corrected chi connectivity index (χ2v) is 7.41. The van der Waals surface area contributed by atoms with Crippen molar-refractivity contribution in [1.82, 2.24) is 10.2 Å². The number of carbonyl (C=O) groups is 3. The van der Waals surface area contributed by atoms with Crippen LogP contribution >= 0.6 is 0 Å². The van der Waals surface area contributed by atoms with Gasteiger partial charge in [0.1, 0.15) is 30.0 Å². The molecular formula is C20H20N2O7. The molecule has 0 spiro atoms. The summed E-state index contributed by atoms with van der Waals surface area (Å²) >= 11 is 0.